The average molecular weight is 346 g/mol. The summed E-state index contributed by atoms with van der Waals surface area (Å²) in [6.07, 6.45) is 0.683. The van der Waals surface area contributed by atoms with Gasteiger partial charge in [0.25, 0.3) is 0 Å². The van der Waals surface area contributed by atoms with Gasteiger partial charge in [-0.3, -0.25) is 9.09 Å². The molecule has 4 atom stereocenters. The first-order chi connectivity index (χ1) is 10.00. The molecule has 136 valence electrons. The van der Waals surface area contributed by atoms with Crippen LogP contribution in [0.4, 0.5) is 0 Å². The summed E-state index contributed by atoms with van der Waals surface area (Å²) >= 11 is 0. The van der Waals surface area contributed by atoms with Crippen LogP contribution in [0.15, 0.2) is 0 Å². The Morgan fingerprint density at radius 1 is 1.09 bits per heavy atom. The van der Waals surface area contributed by atoms with Gasteiger partial charge < -0.3 is 9.26 Å². The van der Waals surface area contributed by atoms with Crippen LogP contribution in [0.25, 0.3) is 0 Å². The lowest BCUT2D eigenvalue weighted by atomic mass is 9.56. The normalized spacial score (nSPS) is 39.8. The van der Waals surface area contributed by atoms with E-state index in [1.54, 1.807) is 6.66 Å². The van der Waals surface area contributed by atoms with Crippen LogP contribution >= 0.6 is 7.60 Å². The van der Waals surface area contributed by atoms with Crippen LogP contribution in [-0.2, 0) is 18.3 Å². The summed E-state index contributed by atoms with van der Waals surface area (Å²) in [5.74, 6) is 0.440. The van der Waals surface area contributed by atoms with Gasteiger partial charge in [0.1, 0.15) is 13.4 Å². The molecule has 0 aromatic rings. The number of rotatable bonds is 6. The number of hydrogen-bond donors (Lipinski definition) is 0. The third-order valence-corrected chi connectivity index (χ3v) is 7.24. The van der Waals surface area contributed by atoms with Crippen molar-refractivity contribution in [2.45, 2.75) is 91.5 Å². The molecule has 1 saturated heterocycles. The standard InChI is InChI=1S/C17H36BO4P/c1-12(2)11-15(7)16(8,14(5,6)17(9,18)21-15)22-23(10,19)20-13(3)4/h12-13H,11,18H2,1-10H3/t15-,16-,17-,23?/m1/s1. The molecule has 0 N–H and O–H groups in total. The Morgan fingerprint density at radius 3 is 1.96 bits per heavy atom. The highest BCUT2D eigenvalue weighted by Gasteiger charge is 2.70. The van der Waals surface area contributed by atoms with Crippen LogP contribution in [-0.4, -0.2) is 37.3 Å². The molecule has 0 spiro atoms. The van der Waals surface area contributed by atoms with Crippen molar-refractivity contribution in [3.05, 3.63) is 0 Å². The van der Waals surface area contributed by atoms with Crippen molar-refractivity contribution >= 4 is 15.4 Å². The molecule has 0 aromatic carbocycles. The van der Waals surface area contributed by atoms with Gasteiger partial charge in [0.05, 0.1) is 11.7 Å². The first kappa shape index (κ1) is 21.2. The van der Waals surface area contributed by atoms with Crippen LogP contribution in [0, 0.1) is 11.3 Å². The quantitative estimate of drug-likeness (QED) is 0.534. The number of hydrogen-bond acceptors (Lipinski definition) is 4. The molecule has 1 aliphatic rings. The Balaban J connectivity index is 3.36. The van der Waals surface area contributed by atoms with Crippen LogP contribution in [0.3, 0.4) is 0 Å². The lowest BCUT2D eigenvalue weighted by Gasteiger charge is -2.48. The van der Waals surface area contributed by atoms with Gasteiger partial charge in [0, 0.05) is 17.6 Å². The molecular formula is C17H36BO4P. The Labute approximate surface area is 144 Å². The zero-order valence-electron chi connectivity index (χ0n) is 16.9. The molecule has 0 aliphatic carbocycles. The fourth-order valence-corrected chi connectivity index (χ4v) is 5.88. The fourth-order valence-electron chi connectivity index (χ4n) is 3.99. The summed E-state index contributed by atoms with van der Waals surface area (Å²) in [5, 5.41) is 0. The molecule has 1 heterocycles. The summed E-state index contributed by atoms with van der Waals surface area (Å²) in [7, 11) is -1.12. The van der Waals surface area contributed by atoms with Crippen molar-refractivity contribution in [1.82, 2.24) is 0 Å². The van der Waals surface area contributed by atoms with Crippen molar-refractivity contribution in [3.8, 4) is 0 Å². The highest BCUT2D eigenvalue weighted by molar-refractivity contribution is 7.53. The van der Waals surface area contributed by atoms with Gasteiger partial charge in [-0.1, -0.05) is 27.7 Å². The average Bonchev–Trinajstić information content (AvgIpc) is 2.30. The van der Waals surface area contributed by atoms with Crippen molar-refractivity contribution < 1.29 is 18.3 Å². The minimum absolute atomic E-state index is 0.149. The summed E-state index contributed by atoms with van der Waals surface area (Å²) in [6.45, 7) is 20.1. The van der Waals surface area contributed by atoms with E-state index in [-0.39, 0.29) is 11.5 Å². The zero-order chi connectivity index (χ0) is 18.5. The third kappa shape index (κ3) is 3.73. The van der Waals surface area contributed by atoms with Gasteiger partial charge in [-0.25, -0.2) is 0 Å². The minimum Gasteiger partial charge on any atom is -0.375 e. The van der Waals surface area contributed by atoms with E-state index in [1.807, 2.05) is 20.8 Å². The predicted octanol–water partition coefficient (Wildman–Crippen LogP) is 4.22. The Kier molecular flexibility index (Phi) is 5.68. The zero-order valence-corrected chi connectivity index (χ0v) is 17.8. The van der Waals surface area contributed by atoms with Crippen LogP contribution < -0.4 is 0 Å². The molecule has 23 heavy (non-hydrogen) atoms. The molecule has 0 amide bonds. The van der Waals surface area contributed by atoms with Crippen LogP contribution in [0.1, 0.15) is 68.7 Å². The molecule has 0 radical (unpaired) electrons. The second-order valence-corrected chi connectivity index (χ2v) is 11.1. The van der Waals surface area contributed by atoms with Gasteiger partial charge in [-0.2, -0.15) is 0 Å². The van der Waals surface area contributed by atoms with E-state index < -0.39 is 24.3 Å². The van der Waals surface area contributed by atoms with Crippen LogP contribution in [0.2, 0.25) is 0 Å². The molecule has 0 saturated carbocycles. The van der Waals surface area contributed by atoms with Gasteiger partial charge in [0.2, 0.25) is 0 Å². The van der Waals surface area contributed by atoms with Gasteiger partial charge >= 0.3 is 7.60 Å². The lowest BCUT2D eigenvalue weighted by Crippen LogP contribution is -2.57. The lowest BCUT2D eigenvalue weighted by molar-refractivity contribution is -0.125. The molecule has 1 rings (SSSR count). The monoisotopic (exact) mass is 346 g/mol. The maximum atomic E-state index is 13.0. The minimum atomic E-state index is -3.20. The maximum Gasteiger partial charge on any atom is 0.328 e. The van der Waals surface area contributed by atoms with Crippen molar-refractivity contribution in [3.63, 3.8) is 0 Å². The second-order valence-electron chi connectivity index (χ2n) is 9.12. The Hall–Kier alpha value is 0.175. The molecule has 1 fully saturated rings. The van der Waals surface area contributed by atoms with Gasteiger partial charge in [-0.05, 0) is 47.0 Å². The topological polar surface area (TPSA) is 44.8 Å². The third-order valence-electron chi connectivity index (χ3n) is 5.74. The molecule has 1 unspecified atom stereocenters. The molecule has 1 aliphatic heterocycles. The van der Waals surface area contributed by atoms with Crippen molar-refractivity contribution in [2.75, 3.05) is 6.66 Å². The van der Waals surface area contributed by atoms with Crippen molar-refractivity contribution in [1.29, 1.82) is 0 Å². The summed E-state index contributed by atoms with van der Waals surface area (Å²) in [5.41, 5.74) is -2.01. The molecule has 6 heteroatoms. The van der Waals surface area contributed by atoms with Gasteiger partial charge in [0.15, 0.2) is 0 Å². The van der Waals surface area contributed by atoms with Crippen LogP contribution in [0.5, 0.6) is 0 Å². The first-order valence-electron chi connectivity index (χ1n) is 8.66. The van der Waals surface area contributed by atoms with E-state index in [4.69, 9.17) is 13.8 Å². The maximum absolute atomic E-state index is 13.0. The predicted molar refractivity (Wildman–Crippen MR) is 98.9 cm³/mol. The summed E-state index contributed by atoms with van der Waals surface area (Å²) in [4.78, 5) is 0. The Bertz CT molecular complexity index is 489. The fraction of sp³-hybridized carbons (Fsp3) is 1.00. The van der Waals surface area contributed by atoms with Crippen molar-refractivity contribution in [2.24, 2.45) is 11.3 Å². The SMILES string of the molecule is B[C@]1(C)O[C@](C)(CC(C)C)[C@](C)(OP(C)(=O)OC(C)C)C1(C)C. The summed E-state index contributed by atoms with van der Waals surface area (Å²) < 4.78 is 31.4. The van der Waals surface area contributed by atoms with Gasteiger partial charge in [-0.15, -0.1) is 0 Å². The molecule has 4 nitrogen and oxygen atoms in total. The number of ether oxygens (including phenoxy) is 1. The molecular weight excluding hydrogens is 310 g/mol. The largest absolute Gasteiger partial charge is 0.375 e. The van der Waals surface area contributed by atoms with E-state index in [0.717, 1.165) is 6.42 Å². The molecule has 0 aromatic heterocycles. The summed E-state index contributed by atoms with van der Waals surface area (Å²) in [6, 6.07) is 0. The van der Waals surface area contributed by atoms with E-state index in [2.05, 4.69) is 49.4 Å². The highest BCUT2D eigenvalue weighted by atomic mass is 31.2. The smallest absolute Gasteiger partial charge is 0.328 e. The highest BCUT2D eigenvalue weighted by Crippen LogP contribution is 2.65. The first-order valence-corrected chi connectivity index (χ1v) is 10.7. The van der Waals surface area contributed by atoms with E-state index >= 15 is 0 Å². The molecule has 0 bridgehead atoms. The van der Waals surface area contributed by atoms with E-state index in [0.29, 0.717) is 5.92 Å². The second kappa shape index (κ2) is 6.16. The van der Waals surface area contributed by atoms with E-state index in [1.165, 1.54) is 0 Å². The van der Waals surface area contributed by atoms with E-state index in [9.17, 15) is 4.57 Å². The Morgan fingerprint density at radius 2 is 1.57 bits per heavy atom.